The standard InChI is InChI=1S/C22H24N2O2/c1-15-8-9-19-18(12-15)21(2,3)22(23-20(25)14-24(19)22)11-10-16-6-5-7-17(13-16)26-4/h5-13H,14H2,1-4H3,(H,23,25)/b11-10+/t22-/m0/s1. The molecule has 0 bridgehead atoms. The summed E-state index contributed by atoms with van der Waals surface area (Å²) in [6.45, 7) is 6.89. The van der Waals surface area contributed by atoms with Gasteiger partial charge in [-0.3, -0.25) is 4.79 Å². The Morgan fingerprint density at radius 3 is 2.77 bits per heavy atom. The van der Waals surface area contributed by atoms with Crippen LogP contribution in [-0.4, -0.2) is 25.2 Å². The lowest BCUT2D eigenvalue weighted by atomic mass is 9.75. The molecule has 0 aromatic heterocycles. The van der Waals surface area contributed by atoms with Crippen molar-refractivity contribution in [1.82, 2.24) is 5.32 Å². The zero-order chi connectivity index (χ0) is 18.5. The molecule has 0 saturated carbocycles. The number of rotatable bonds is 3. The summed E-state index contributed by atoms with van der Waals surface area (Å²) in [5, 5.41) is 3.25. The first-order valence-electron chi connectivity index (χ1n) is 8.90. The van der Waals surface area contributed by atoms with Gasteiger partial charge in [-0.1, -0.05) is 49.8 Å². The molecule has 1 fully saturated rings. The normalized spacial score (nSPS) is 23.1. The summed E-state index contributed by atoms with van der Waals surface area (Å²) in [7, 11) is 1.67. The fraction of sp³-hybridized carbons (Fsp3) is 0.318. The Bertz CT molecular complexity index is 916. The Morgan fingerprint density at radius 2 is 2.00 bits per heavy atom. The quantitative estimate of drug-likeness (QED) is 0.921. The van der Waals surface area contributed by atoms with Crippen molar-refractivity contribution < 1.29 is 9.53 Å². The largest absolute Gasteiger partial charge is 0.497 e. The van der Waals surface area contributed by atoms with Gasteiger partial charge in [0.1, 0.15) is 11.4 Å². The number of benzene rings is 2. The van der Waals surface area contributed by atoms with Crippen LogP contribution in [0, 0.1) is 6.92 Å². The van der Waals surface area contributed by atoms with Crippen LogP contribution in [0.3, 0.4) is 0 Å². The minimum absolute atomic E-state index is 0.0552. The number of hydrogen-bond acceptors (Lipinski definition) is 3. The van der Waals surface area contributed by atoms with E-state index >= 15 is 0 Å². The number of aryl methyl sites for hydroxylation is 1. The summed E-state index contributed by atoms with van der Waals surface area (Å²) >= 11 is 0. The van der Waals surface area contributed by atoms with E-state index < -0.39 is 5.66 Å². The summed E-state index contributed by atoms with van der Waals surface area (Å²) in [6, 6.07) is 14.4. The van der Waals surface area contributed by atoms with Crippen molar-refractivity contribution in [1.29, 1.82) is 0 Å². The van der Waals surface area contributed by atoms with E-state index in [4.69, 9.17) is 4.74 Å². The van der Waals surface area contributed by atoms with E-state index in [0.717, 1.165) is 17.0 Å². The number of amides is 1. The van der Waals surface area contributed by atoms with Crippen molar-refractivity contribution in [2.75, 3.05) is 18.6 Å². The first kappa shape index (κ1) is 16.7. The molecule has 2 aromatic carbocycles. The minimum atomic E-state index is -0.566. The third kappa shape index (κ3) is 2.25. The van der Waals surface area contributed by atoms with Crippen LogP contribution >= 0.6 is 0 Å². The van der Waals surface area contributed by atoms with E-state index in [-0.39, 0.29) is 11.3 Å². The predicted octanol–water partition coefficient (Wildman–Crippen LogP) is 3.64. The lowest BCUT2D eigenvalue weighted by Crippen LogP contribution is -2.58. The SMILES string of the molecule is COc1cccc(/C=C/[C@]23NC(=O)CN2c2ccc(C)cc2C3(C)C)c1. The zero-order valence-corrected chi connectivity index (χ0v) is 15.7. The number of nitrogens with one attached hydrogen (secondary N) is 1. The van der Waals surface area contributed by atoms with E-state index in [1.165, 1.54) is 11.1 Å². The number of carbonyl (C=O) groups is 1. The highest BCUT2D eigenvalue weighted by molar-refractivity contribution is 5.91. The predicted molar refractivity (Wildman–Crippen MR) is 104 cm³/mol. The second kappa shape index (κ2) is 5.63. The van der Waals surface area contributed by atoms with E-state index in [1.54, 1.807) is 7.11 Å². The summed E-state index contributed by atoms with van der Waals surface area (Å²) in [5.41, 5.74) is 3.86. The number of nitrogens with zero attached hydrogens (tertiary/aromatic N) is 1. The molecular formula is C22H24N2O2. The summed E-state index contributed by atoms with van der Waals surface area (Å²) in [6.07, 6.45) is 4.20. The minimum Gasteiger partial charge on any atom is -0.497 e. The van der Waals surface area contributed by atoms with Crippen molar-refractivity contribution in [2.24, 2.45) is 0 Å². The van der Waals surface area contributed by atoms with Crippen LogP contribution in [0.15, 0.2) is 48.5 Å². The average Bonchev–Trinajstić information content (AvgIpc) is 3.05. The Hall–Kier alpha value is -2.75. The van der Waals surface area contributed by atoms with Crippen molar-refractivity contribution in [3.63, 3.8) is 0 Å². The third-order valence-electron chi connectivity index (χ3n) is 5.74. The van der Waals surface area contributed by atoms with Gasteiger partial charge in [-0.15, -0.1) is 0 Å². The van der Waals surface area contributed by atoms with Crippen LogP contribution in [0.4, 0.5) is 5.69 Å². The van der Waals surface area contributed by atoms with Gasteiger partial charge in [0.05, 0.1) is 13.7 Å². The second-order valence-electron chi connectivity index (χ2n) is 7.66. The van der Waals surface area contributed by atoms with Gasteiger partial charge < -0.3 is 15.0 Å². The molecule has 1 N–H and O–H groups in total. The van der Waals surface area contributed by atoms with Crippen LogP contribution in [0.1, 0.15) is 30.5 Å². The molecule has 1 atom stereocenters. The first-order valence-corrected chi connectivity index (χ1v) is 8.90. The van der Waals surface area contributed by atoms with E-state index in [2.05, 4.69) is 61.3 Å². The molecule has 2 heterocycles. The molecule has 2 aliphatic heterocycles. The van der Waals surface area contributed by atoms with Crippen LogP contribution in [-0.2, 0) is 10.2 Å². The topological polar surface area (TPSA) is 41.6 Å². The lowest BCUT2D eigenvalue weighted by Gasteiger charge is -2.40. The highest BCUT2D eigenvalue weighted by Crippen LogP contribution is 2.53. The molecule has 2 aromatic rings. The molecule has 0 unspecified atom stereocenters. The highest BCUT2D eigenvalue weighted by atomic mass is 16.5. The molecule has 1 amide bonds. The fourth-order valence-electron chi connectivity index (χ4n) is 4.25. The number of hydrogen-bond donors (Lipinski definition) is 1. The maximum atomic E-state index is 12.3. The van der Waals surface area contributed by atoms with Crippen LogP contribution in [0.5, 0.6) is 5.75 Å². The Labute approximate surface area is 154 Å². The maximum absolute atomic E-state index is 12.3. The number of anilines is 1. The Morgan fingerprint density at radius 1 is 1.19 bits per heavy atom. The number of carbonyl (C=O) groups excluding carboxylic acids is 1. The summed E-state index contributed by atoms with van der Waals surface area (Å²) in [5.74, 6) is 0.876. The van der Waals surface area contributed by atoms with E-state index in [9.17, 15) is 4.79 Å². The molecule has 4 rings (SSSR count). The fourth-order valence-corrected chi connectivity index (χ4v) is 4.25. The first-order chi connectivity index (χ1) is 12.4. The molecule has 2 aliphatic rings. The van der Waals surface area contributed by atoms with Crippen molar-refractivity contribution >= 4 is 17.7 Å². The third-order valence-corrected chi connectivity index (χ3v) is 5.74. The molecule has 0 radical (unpaired) electrons. The highest BCUT2D eigenvalue weighted by Gasteiger charge is 2.59. The lowest BCUT2D eigenvalue weighted by molar-refractivity contribution is -0.118. The molecule has 1 saturated heterocycles. The van der Waals surface area contributed by atoms with Gasteiger partial charge in [0.2, 0.25) is 5.91 Å². The van der Waals surface area contributed by atoms with Gasteiger partial charge in [0.15, 0.2) is 0 Å². The second-order valence-corrected chi connectivity index (χ2v) is 7.66. The van der Waals surface area contributed by atoms with Gasteiger partial charge in [-0.2, -0.15) is 0 Å². The maximum Gasteiger partial charge on any atom is 0.241 e. The van der Waals surface area contributed by atoms with Gasteiger partial charge in [-0.25, -0.2) is 0 Å². The monoisotopic (exact) mass is 348 g/mol. The molecular weight excluding hydrogens is 324 g/mol. The number of methoxy groups -OCH3 is 1. The zero-order valence-electron chi connectivity index (χ0n) is 15.7. The van der Waals surface area contributed by atoms with Gasteiger partial charge in [-0.05, 0) is 42.3 Å². The number of fused-ring (bicyclic) bond motifs is 3. The van der Waals surface area contributed by atoms with Gasteiger partial charge in [0, 0.05) is 11.1 Å². The molecule has 134 valence electrons. The van der Waals surface area contributed by atoms with Crippen molar-refractivity contribution in [3.8, 4) is 5.75 Å². The molecule has 4 nitrogen and oxygen atoms in total. The van der Waals surface area contributed by atoms with Gasteiger partial charge in [0.25, 0.3) is 0 Å². The molecule has 26 heavy (non-hydrogen) atoms. The van der Waals surface area contributed by atoms with E-state index in [1.807, 2.05) is 24.3 Å². The van der Waals surface area contributed by atoms with Crippen LogP contribution < -0.4 is 15.0 Å². The smallest absolute Gasteiger partial charge is 0.241 e. The van der Waals surface area contributed by atoms with E-state index in [0.29, 0.717) is 6.54 Å². The number of ether oxygens (including phenoxy) is 1. The molecule has 4 heteroatoms. The summed E-state index contributed by atoms with van der Waals surface area (Å²) < 4.78 is 5.32. The summed E-state index contributed by atoms with van der Waals surface area (Å²) in [4.78, 5) is 14.5. The van der Waals surface area contributed by atoms with Crippen LogP contribution in [0.2, 0.25) is 0 Å². The van der Waals surface area contributed by atoms with Crippen molar-refractivity contribution in [3.05, 3.63) is 65.2 Å². The van der Waals surface area contributed by atoms with Crippen molar-refractivity contribution in [2.45, 2.75) is 31.8 Å². The molecule has 0 aliphatic carbocycles. The Balaban J connectivity index is 1.82. The van der Waals surface area contributed by atoms with Crippen LogP contribution in [0.25, 0.3) is 6.08 Å². The average molecular weight is 348 g/mol. The molecule has 0 spiro atoms. The van der Waals surface area contributed by atoms with Gasteiger partial charge >= 0.3 is 0 Å². The Kier molecular flexibility index (Phi) is 3.62.